The van der Waals surface area contributed by atoms with Gasteiger partial charge in [0, 0.05) is 37.0 Å². The minimum Gasteiger partial charge on any atom is -0.357 e. The second kappa shape index (κ2) is 11.1. The summed E-state index contributed by atoms with van der Waals surface area (Å²) in [6.07, 6.45) is 0.887. The van der Waals surface area contributed by atoms with E-state index in [9.17, 15) is 0 Å². The van der Waals surface area contributed by atoms with E-state index in [2.05, 4.69) is 53.6 Å². The largest absolute Gasteiger partial charge is 0.357 e. The Morgan fingerprint density at radius 3 is 2.60 bits per heavy atom. The summed E-state index contributed by atoms with van der Waals surface area (Å²) in [5.41, 5.74) is 5.38. The summed E-state index contributed by atoms with van der Waals surface area (Å²) in [5, 5.41) is 15.4. The molecule has 0 fully saturated rings. The summed E-state index contributed by atoms with van der Waals surface area (Å²) in [7, 11) is 1.98. The summed E-state index contributed by atoms with van der Waals surface area (Å²) in [6.45, 7) is 9.61. The molecule has 2 heterocycles. The van der Waals surface area contributed by atoms with Crippen LogP contribution < -0.4 is 10.6 Å². The van der Waals surface area contributed by atoms with Crippen LogP contribution in [0.5, 0.6) is 0 Å². The zero-order valence-corrected chi connectivity index (χ0v) is 20.6. The predicted molar refractivity (Wildman–Crippen MR) is 131 cm³/mol. The lowest BCUT2D eigenvalue weighted by molar-refractivity contribution is 0.424. The molecule has 0 bridgehead atoms. The fourth-order valence-electron chi connectivity index (χ4n) is 3.31. The van der Waals surface area contributed by atoms with Gasteiger partial charge in [0.1, 0.15) is 5.69 Å². The van der Waals surface area contributed by atoms with E-state index >= 15 is 0 Å². The van der Waals surface area contributed by atoms with Gasteiger partial charge < -0.3 is 15.2 Å². The van der Waals surface area contributed by atoms with Crippen molar-refractivity contribution in [2.24, 2.45) is 12.0 Å². The monoisotopic (exact) mass is 522 g/mol. The van der Waals surface area contributed by atoms with Gasteiger partial charge in [-0.3, -0.25) is 4.68 Å². The van der Waals surface area contributed by atoms with E-state index in [-0.39, 0.29) is 30.0 Å². The van der Waals surface area contributed by atoms with Crippen molar-refractivity contribution >= 4 is 29.9 Å². The second-order valence-corrected chi connectivity index (χ2v) is 7.27. The highest BCUT2D eigenvalue weighted by molar-refractivity contribution is 14.0. The molecule has 0 aliphatic carbocycles. The lowest BCUT2D eigenvalue weighted by atomic mass is 10.1. The molecule has 7 nitrogen and oxygen atoms in total. The van der Waals surface area contributed by atoms with Crippen molar-refractivity contribution in [3.8, 4) is 11.3 Å². The van der Waals surface area contributed by atoms with Crippen LogP contribution in [0.2, 0.25) is 0 Å². The first-order valence-electron chi connectivity index (χ1n) is 10.0. The SMILES string of the molecule is CCNC(=NCc1cc(-c2ccccc2)on1)NC(C)Cc1c(C)nn(C)c1C.I. The van der Waals surface area contributed by atoms with Gasteiger partial charge in [-0.05, 0) is 39.7 Å². The second-order valence-electron chi connectivity index (χ2n) is 7.27. The van der Waals surface area contributed by atoms with E-state index in [1.54, 1.807) is 0 Å². The van der Waals surface area contributed by atoms with Crippen LogP contribution in [0, 0.1) is 13.8 Å². The zero-order chi connectivity index (χ0) is 20.8. The number of guanidine groups is 1. The first kappa shape index (κ1) is 23.9. The van der Waals surface area contributed by atoms with Crippen LogP contribution in [0.4, 0.5) is 0 Å². The smallest absolute Gasteiger partial charge is 0.191 e. The van der Waals surface area contributed by atoms with E-state index in [0.717, 1.165) is 41.6 Å². The van der Waals surface area contributed by atoms with Crippen LogP contribution in [0.15, 0.2) is 45.9 Å². The van der Waals surface area contributed by atoms with Crippen molar-refractivity contribution in [3.63, 3.8) is 0 Å². The van der Waals surface area contributed by atoms with Crippen LogP contribution in [-0.2, 0) is 20.0 Å². The minimum atomic E-state index is 0. The Morgan fingerprint density at radius 1 is 1.23 bits per heavy atom. The number of rotatable bonds is 7. The first-order valence-corrected chi connectivity index (χ1v) is 10.0. The van der Waals surface area contributed by atoms with Crippen LogP contribution in [0.1, 0.15) is 36.5 Å². The number of hydrogen-bond acceptors (Lipinski definition) is 4. The number of aryl methyl sites for hydroxylation is 2. The third kappa shape index (κ3) is 6.07. The van der Waals surface area contributed by atoms with Crippen LogP contribution in [0.3, 0.4) is 0 Å². The molecule has 0 amide bonds. The van der Waals surface area contributed by atoms with Gasteiger partial charge in [-0.1, -0.05) is 35.5 Å². The van der Waals surface area contributed by atoms with E-state index in [0.29, 0.717) is 6.54 Å². The Balaban J connectivity index is 0.00000320. The van der Waals surface area contributed by atoms with E-state index in [4.69, 9.17) is 4.52 Å². The lowest BCUT2D eigenvalue weighted by Gasteiger charge is -2.18. The fourth-order valence-corrected chi connectivity index (χ4v) is 3.31. The molecule has 0 radical (unpaired) electrons. The quantitative estimate of drug-likeness (QED) is 0.279. The van der Waals surface area contributed by atoms with E-state index in [1.165, 1.54) is 11.3 Å². The molecule has 2 aromatic heterocycles. The van der Waals surface area contributed by atoms with Crippen molar-refractivity contribution in [1.82, 2.24) is 25.6 Å². The topological polar surface area (TPSA) is 80.3 Å². The van der Waals surface area contributed by atoms with E-state index in [1.807, 2.05) is 48.1 Å². The molecule has 0 saturated carbocycles. The normalized spacial score (nSPS) is 12.4. The predicted octanol–water partition coefficient (Wildman–Crippen LogP) is 4.00. The summed E-state index contributed by atoms with van der Waals surface area (Å²) in [5.74, 6) is 1.52. The summed E-state index contributed by atoms with van der Waals surface area (Å²) >= 11 is 0. The fraction of sp³-hybridized carbons (Fsp3) is 0.409. The molecule has 0 spiro atoms. The van der Waals surface area contributed by atoms with Crippen molar-refractivity contribution in [2.75, 3.05) is 6.54 Å². The maximum absolute atomic E-state index is 5.46. The van der Waals surface area contributed by atoms with Gasteiger partial charge >= 0.3 is 0 Å². The summed E-state index contributed by atoms with van der Waals surface area (Å²) in [4.78, 5) is 4.67. The molecule has 2 N–H and O–H groups in total. The third-order valence-electron chi connectivity index (χ3n) is 4.91. The van der Waals surface area contributed by atoms with Crippen LogP contribution >= 0.6 is 24.0 Å². The van der Waals surface area contributed by atoms with Gasteiger partial charge in [0.15, 0.2) is 11.7 Å². The third-order valence-corrected chi connectivity index (χ3v) is 4.91. The minimum absolute atomic E-state index is 0. The number of halogens is 1. The molecule has 0 aliphatic rings. The summed E-state index contributed by atoms with van der Waals surface area (Å²) in [6, 6.07) is 12.1. The highest BCUT2D eigenvalue weighted by Crippen LogP contribution is 2.20. The molecule has 0 saturated heterocycles. The average molecular weight is 522 g/mol. The first-order chi connectivity index (χ1) is 14.0. The van der Waals surface area contributed by atoms with Crippen LogP contribution in [-0.4, -0.2) is 33.5 Å². The van der Waals surface area contributed by atoms with Crippen molar-refractivity contribution in [2.45, 2.75) is 46.7 Å². The Labute approximate surface area is 195 Å². The zero-order valence-electron chi connectivity index (χ0n) is 18.3. The number of nitrogens with one attached hydrogen (secondary N) is 2. The maximum Gasteiger partial charge on any atom is 0.191 e. The number of hydrogen-bond donors (Lipinski definition) is 2. The Kier molecular flexibility index (Phi) is 8.88. The van der Waals surface area contributed by atoms with Gasteiger partial charge in [-0.15, -0.1) is 24.0 Å². The standard InChI is InChI=1S/C22H30N6O.HI/c1-6-23-22(25-15(2)12-20-16(3)26-28(5)17(20)4)24-14-19-13-21(29-27-19)18-10-8-7-9-11-18;/h7-11,13,15H,6,12,14H2,1-5H3,(H2,23,24,25);1H. The number of aliphatic imine (C=N–C) groups is 1. The molecule has 8 heteroatoms. The molecular weight excluding hydrogens is 491 g/mol. The molecule has 1 unspecified atom stereocenters. The van der Waals surface area contributed by atoms with Gasteiger partial charge in [0.05, 0.1) is 12.2 Å². The maximum atomic E-state index is 5.46. The molecule has 3 rings (SSSR count). The highest BCUT2D eigenvalue weighted by Gasteiger charge is 2.14. The Hall–Kier alpha value is -2.36. The molecule has 1 atom stereocenters. The van der Waals surface area contributed by atoms with Gasteiger partial charge in [-0.25, -0.2) is 4.99 Å². The van der Waals surface area contributed by atoms with Gasteiger partial charge in [-0.2, -0.15) is 5.10 Å². The molecule has 162 valence electrons. The van der Waals surface area contributed by atoms with Gasteiger partial charge in [0.2, 0.25) is 0 Å². The summed E-state index contributed by atoms with van der Waals surface area (Å²) < 4.78 is 7.40. The number of nitrogens with zero attached hydrogens (tertiary/aromatic N) is 4. The number of benzene rings is 1. The van der Waals surface area contributed by atoms with Gasteiger partial charge in [0.25, 0.3) is 0 Å². The molecule has 30 heavy (non-hydrogen) atoms. The van der Waals surface area contributed by atoms with E-state index < -0.39 is 0 Å². The lowest BCUT2D eigenvalue weighted by Crippen LogP contribution is -2.43. The Bertz CT molecular complexity index is 963. The van der Waals surface area contributed by atoms with Crippen molar-refractivity contribution in [3.05, 3.63) is 59.0 Å². The van der Waals surface area contributed by atoms with Crippen molar-refractivity contribution < 1.29 is 4.52 Å². The highest BCUT2D eigenvalue weighted by atomic mass is 127. The molecule has 3 aromatic rings. The van der Waals surface area contributed by atoms with Crippen molar-refractivity contribution in [1.29, 1.82) is 0 Å². The number of aromatic nitrogens is 3. The molecule has 0 aliphatic heterocycles. The Morgan fingerprint density at radius 2 is 1.97 bits per heavy atom. The molecular formula is C22H31IN6O. The average Bonchev–Trinajstić information content (AvgIpc) is 3.27. The molecule has 1 aromatic carbocycles. The van der Waals surface area contributed by atoms with Crippen LogP contribution in [0.25, 0.3) is 11.3 Å².